The second-order valence-electron chi connectivity index (χ2n) is 2.54. The van der Waals surface area contributed by atoms with E-state index in [2.05, 4.69) is 4.74 Å². The molecule has 0 fully saturated rings. The van der Waals surface area contributed by atoms with Crippen LogP contribution in [0.3, 0.4) is 0 Å². The van der Waals surface area contributed by atoms with Crippen molar-refractivity contribution in [3.05, 3.63) is 23.5 Å². The van der Waals surface area contributed by atoms with Crippen LogP contribution in [-0.4, -0.2) is 7.11 Å². The van der Waals surface area contributed by atoms with E-state index in [1.807, 2.05) is 0 Å². The number of ether oxygens (including phenoxy) is 1. The van der Waals surface area contributed by atoms with Crippen molar-refractivity contribution in [3.63, 3.8) is 0 Å². The topological polar surface area (TPSA) is 35.2 Å². The van der Waals surface area contributed by atoms with Gasteiger partial charge >= 0.3 is 6.18 Å². The molecule has 2 N–H and O–H groups in total. The molecule has 14 heavy (non-hydrogen) atoms. The predicted octanol–water partition coefficient (Wildman–Crippen LogP) is 2.44. The minimum Gasteiger partial charge on any atom is -0.492 e. The molecular weight excluding hydrogens is 202 g/mol. The van der Waals surface area contributed by atoms with E-state index in [4.69, 9.17) is 5.73 Å². The van der Waals surface area contributed by atoms with Crippen molar-refractivity contribution in [3.8, 4) is 5.75 Å². The number of halogens is 4. The number of alkyl halides is 3. The highest BCUT2D eigenvalue weighted by Gasteiger charge is 2.34. The summed E-state index contributed by atoms with van der Waals surface area (Å²) in [6, 6.07) is 1.24. The van der Waals surface area contributed by atoms with Gasteiger partial charge in [-0.05, 0) is 12.1 Å². The number of nitrogens with two attached hydrogens (primary N) is 1. The third-order valence-electron chi connectivity index (χ3n) is 1.66. The SMILES string of the molecule is COc1c(F)ccc(C(F)(F)F)c1N. The Morgan fingerprint density at radius 1 is 1.29 bits per heavy atom. The molecule has 0 bridgehead atoms. The van der Waals surface area contributed by atoms with Gasteiger partial charge in [0.1, 0.15) is 0 Å². The van der Waals surface area contributed by atoms with E-state index in [-0.39, 0.29) is 0 Å². The number of nitrogen functional groups attached to an aromatic ring is 1. The maximum atomic E-state index is 12.8. The first kappa shape index (κ1) is 10.6. The average Bonchev–Trinajstić information content (AvgIpc) is 2.02. The summed E-state index contributed by atoms with van der Waals surface area (Å²) in [7, 11) is 1.05. The largest absolute Gasteiger partial charge is 0.492 e. The Labute approximate surface area is 77.3 Å². The molecule has 0 saturated heterocycles. The molecule has 6 heteroatoms. The molecule has 1 aromatic rings. The third-order valence-corrected chi connectivity index (χ3v) is 1.66. The van der Waals surface area contributed by atoms with Crippen LogP contribution < -0.4 is 10.5 Å². The van der Waals surface area contributed by atoms with Gasteiger partial charge in [0.05, 0.1) is 18.4 Å². The lowest BCUT2D eigenvalue weighted by Crippen LogP contribution is -2.10. The van der Waals surface area contributed by atoms with Crippen molar-refractivity contribution >= 4 is 5.69 Å². The standard InChI is InChI=1S/C8H7F4NO/c1-14-7-5(9)3-2-4(6(7)13)8(10,11)12/h2-3H,13H2,1H3. The zero-order valence-electron chi connectivity index (χ0n) is 7.15. The molecule has 0 aliphatic heterocycles. The summed E-state index contributed by atoms with van der Waals surface area (Å²) in [6.07, 6.45) is -4.61. The third kappa shape index (κ3) is 1.73. The molecule has 0 aliphatic rings. The molecule has 2 nitrogen and oxygen atoms in total. The number of methoxy groups -OCH3 is 1. The highest BCUT2D eigenvalue weighted by atomic mass is 19.4. The van der Waals surface area contributed by atoms with E-state index < -0.39 is 29.0 Å². The first-order valence-electron chi connectivity index (χ1n) is 3.57. The van der Waals surface area contributed by atoms with Gasteiger partial charge in [-0.3, -0.25) is 0 Å². The molecule has 0 amide bonds. The lowest BCUT2D eigenvalue weighted by Gasteiger charge is -2.12. The molecule has 0 radical (unpaired) electrons. The molecule has 78 valence electrons. The van der Waals surface area contributed by atoms with Gasteiger partial charge in [0.2, 0.25) is 0 Å². The average molecular weight is 209 g/mol. The van der Waals surface area contributed by atoms with Crippen molar-refractivity contribution in [2.45, 2.75) is 6.18 Å². The summed E-state index contributed by atoms with van der Waals surface area (Å²) in [5.41, 5.74) is 3.26. The second kappa shape index (κ2) is 3.36. The van der Waals surface area contributed by atoms with Gasteiger partial charge in [0.15, 0.2) is 11.6 Å². The molecule has 0 atom stereocenters. The molecule has 0 aliphatic carbocycles. The van der Waals surface area contributed by atoms with Crippen molar-refractivity contribution in [2.24, 2.45) is 0 Å². The summed E-state index contributed by atoms with van der Waals surface area (Å²) in [5, 5.41) is 0. The number of benzene rings is 1. The summed E-state index contributed by atoms with van der Waals surface area (Å²) in [4.78, 5) is 0. The van der Waals surface area contributed by atoms with Crippen molar-refractivity contribution in [1.29, 1.82) is 0 Å². The highest BCUT2D eigenvalue weighted by Crippen LogP contribution is 2.38. The van der Waals surface area contributed by atoms with Crippen LogP contribution in [0, 0.1) is 5.82 Å². The Morgan fingerprint density at radius 3 is 2.29 bits per heavy atom. The Hall–Kier alpha value is -1.46. The van der Waals surface area contributed by atoms with Crippen molar-refractivity contribution in [2.75, 3.05) is 12.8 Å². The maximum absolute atomic E-state index is 12.8. The molecule has 1 rings (SSSR count). The molecule has 0 aromatic heterocycles. The molecule has 1 aromatic carbocycles. The van der Waals surface area contributed by atoms with Gasteiger partial charge in [-0.1, -0.05) is 0 Å². The van der Waals surface area contributed by atoms with Crippen molar-refractivity contribution in [1.82, 2.24) is 0 Å². The first-order valence-corrected chi connectivity index (χ1v) is 3.57. The van der Waals surface area contributed by atoms with Crippen LogP contribution in [0.25, 0.3) is 0 Å². The minimum absolute atomic E-state index is 0.577. The zero-order chi connectivity index (χ0) is 10.9. The van der Waals surface area contributed by atoms with Crippen LogP contribution in [0.4, 0.5) is 23.2 Å². The maximum Gasteiger partial charge on any atom is 0.418 e. The smallest absolute Gasteiger partial charge is 0.418 e. The fraction of sp³-hybridized carbons (Fsp3) is 0.250. The summed E-state index contributed by atoms with van der Waals surface area (Å²) >= 11 is 0. The summed E-state index contributed by atoms with van der Waals surface area (Å²) in [6.45, 7) is 0. The van der Waals surface area contributed by atoms with Crippen molar-refractivity contribution < 1.29 is 22.3 Å². The normalized spacial score (nSPS) is 11.5. The van der Waals surface area contributed by atoms with E-state index in [1.165, 1.54) is 0 Å². The quantitative estimate of drug-likeness (QED) is 0.569. The number of anilines is 1. The van der Waals surface area contributed by atoms with Gasteiger partial charge in [0, 0.05) is 0 Å². The summed E-state index contributed by atoms with van der Waals surface area (Å²) < 4.78 is 54.0. The first-order chi connectivity index (χ1) is 6.38. The van der Waals surface area contributed by atoms with Gasteiger partial charge in [-0.15, -0.1) is 0 Å². The Bertz CT molecular complexity index is 348. The lowest BCUT2D eigenvalue weighted by atomic mass is 10.1. The highest BCUT2D eigenvalue weighted by molar-refractivity contribution is 5.60. The Balaban J connectivity index is 3.36. The molecular formula is C8H7F4NO. The minimum atomic E-state index is -4.61. The zero-order valence-corrected chi connectivity index (χ0v) is 7.15. The summed E-state index contributed by atoms with van der Waals surface area (Å²) in [5.74, 6) is -1.50. The second-order valence-corrected chi connectivity index (χ2v) is 2.54. The number of hydrogen-bond donors (Lipinski definition) is 1. The van der Waals surface area contributed by atoms with E-state index >= 15 is 0 Å². The van der Waals surface area contributed by atoms with Gasteiger partial charge in [-0.2, -0.15) is 13.2 Å². The molecule has 0 unspecified atom stereocenters. The Kier molecular flexibility index (Phi) is 2.55. The van der Waals surface area contributed by atoms with E-state index in [9.17, 15) is 17.6 Å². The molecule has 0 spiro atoms. The lowest BCUT2D eigenvalue weighted by molar-refractivity contribution is -0.137. The van der Waals surface area contributed by atoms with E-state index in [1.54, 1.807) is 0 Å². The molecule has 0 saturated carbocycles. The fourth-order valence-corrected chi connectivity index (χ4v) is 1.03. The predicted molar refractivity (Wildman–Crippen MR) is 42.4 cm³/mol. The van der Waals surface area contributed by atoms with Crippen LogP contribution in [0.2, 0.25) is 0 Å². The van der Waals surface area contributed by atoms with E-state index in [0.717, 1.165) is 7.11 Å². The van der Waals surface area contributed by atoms with Gasteiger partial charge < -0.3 is 10.5 Å². The van der Waals surface area contributed by atoms with Crippen LogP contribution in [0.15, 0.2) is 12.1 Å². The number of hydrogen-bond acceptors (Lipinski definition) is 2. The van der Waals surface area contributed by atoms with Crippen LogP contribution in [-0.2, 0) is 6.18 Å². The van der Waals surface area contributed by atoms with Crippen LogP contribution >= 0.6 is 0 Å². The molecule has 0 heterocycles. The van der Waals surface area contributed by atoms with Crippen LogP contribution in [0.1, 0.15) is 5.56 Å². The Morgan fingerprint density at radius 2 is 1.86 bits per heavy atom. The fourth-order valence-electron chi connectivity index (χ4n) is 1.03. The number of rotatable bonds is 1. The van der Waals surface area contributed by atoms with Gasteiger partial charge in [0.25, 0.3) is 0 Å². The van der Waals surface area contributed by atoms with Gasteiger partial charge in [-0.25, -0.2) is 4.39 Å². The van der Waals surface area contributed by atoms with Crippen LogP contribution in [0.5, 0.6) is 5.75 Å². The van der Waals surface area contributed by atoms with E-state index in [0.29, 0.717) is 12.1 Å². The monoisotopic (exact) mass is 209 g/mol.